The molecule has 4 heteroatoms. The normalized spacial score (nSPS) is 13.2. The molecule has 0 saturated carbocycles. The van der Waals surface area contributed by atoms with E-state index in [-0.39, 0.29) is 17.4 Å². The Balaban J connectivity index is 2.49. The minimum Gasteiger partial charge on any atom is -0.327 e. The second kappa shape index (κ2) is 5.07. The van der Waals surface area contributed by atoms with Gasteiger partial charge in [-0.05, 0) is 17.5 Å². The van der Waals surface area contributed by atoms with E-state index >= 15 is 0 Å². The molecule has 0 fully saturated rings. The molecule has 0 spiro atoms. The van der Waals surface area contributed by atoms with E-state index < -0.39 is 0 Å². The van der Waals surface area contributed by atoms with Crippen LogP contribution < -0.4 is 11.1 Å². The van der Waals surface area contributed by atoms with Gasteiger partial charge in [-0.15, -0.1) is 0 Å². The lowest BCUT2D eigenvalue weighted by molar-refractivity contribution is -0.117. The van der Waals surface area contributed by atoms with Gasteiger partial charge in [0.2, 0.25) is 5.91 Å². The molecule has 88 valence electrons. The maximum atomic E-state index is 11.7. The highest BCUT2D eigenvalue weighted by atomic mass is 16.1. The first kappa shape index (κ1) is 12.6. The number of nitrogens with zero attached hydrogens (tertiary/aromatic N) is 1. The fourth-order valence-electron chi connectivity index (χ4n) is 1.15. The Morgan fingerprint density at radius 2 is 2.25 bits per heavy atom. The molecule has 0 bridgehead atoms. The fourth-order valence-corrected chi connectivity index (χ4v) is 1.15. The highest BCUT2D eigenvalue weighted by molar-refractivity contribution is 5.90. The number of carbonyl (C=O) groups is 1. The summed E-state index contributed by atoms with van der Waals surface area (Å²) in [6.45, 7) is 6.07. The third-order valence-corrected chi connectivity index (χ3v) is 2.46. The van der Waals surface area contributed by atoms with Crippen molar-refractivity contribution in [1.29, 1.82) is 0 Å². The van der Waals surface area contributed by atoms with E-state index in [9.17, 15) is 4.79 Å². The standard InChI is InChI=1S/C12H19N3O/c1-12(2,3)10(13)7-11(16)15-9-5-4-6-14-8-9/h4-6,8,10H,7,13H2,1-3H3,(H,15,16). The zero-order chi connectivity index (χ0) is 12.2. The minimum absolute atomic E-state index is 0.0632. The minimum atomic E-state index is -0.149. The monoisotopic (exact) mass is 221 g/mol. The van der Waals surface area contributed by atoms with Gasteiger partial charge in [-0.25, -0.2) is 0 Å². The lowest BCUT2D eigenvalue weighted by Crippen LogP contribution is -2.38. The van der Waals surface area contributed by atoms with Gasteiger partial charge >= 0.3 is 0 Å². The largest absolute Gasteiger partial charge is 0.327 e. The molecular weight excluding hydrogens is 202 g/mol. The van der Waals surface area contributed by atoms with E-state index in [0.717, 1.165) is 0 Å². The molecule has 3 N–H and O–H groups in total. The second-order valence-electron chi connectivity index (χ2n) is 4.97. The van der Waals surface area contributed by atoms with E-state index in [2.05, 4.69) is 10.3 Å². The van der Waals surface area contributed by atoms with Crippen molar-refractivity contribution in [3.63, 3.8) is 0 Å². The molecule has 4 nitrogen and oxygen atoms in total. The Labute approximate surface area is 96.3 Å². The van der Waals surface area contributed by atoms with Gasteiger partial charge in [0.25, 0.3) is 0 Å². The van der Waals surface area contributed by atoms with E-state index in [4.69, 9.17) is 5.73 Å². The number of nitrogens with one attached hydrogen (secondary N) is 1. The van der Waals surface area contributed by atoms with Crippen molar-refractivity contribution in [2.75, 3.05) is 5.32 Å². The van der Waals surface area contributed by atoms with Crippen molar-refractivity contribution < 1.29 is 4.79 Å². The summed E-state index contributed by atoms with van der Waals surface area (Å²) in [4.78, 5) is 15.6. The Morgan fingerprint density at radius 3 is 2.75 bits per heavy atom. The first-order valence-corrected chi connectivity index (χ1v) is 5.35. The number of nitrogens with two attached hydrogens (primary N) is 1. The summed E-state index contributed by atoms with van der Waals surface area (Å²) >= 11 is 0. The SMILES string of the molecule is CC(C)(C)C(N)CC(=O)Nc1cccnc1. The molecule has 0 saturated heterocycles. The molecule has 0 aliphatic carbocycles. The van der Waals surface area contributed by atoms with Crippen molar-refractivity contribution in [2.45, 2.75) is 33.2 Å². The maximum Gasteiger partial charge on any atom is 0.225 e. The number of anilines is 1. The van der Waals surface area contributed by atoms with E-state index in [1.807, 2.05) is 20.8 Å². The van der Waals surface area contributed by atoms with Gasteiger partial charge in [-0.2, -0.15) is 0 Å². The Kier molecular flexibility index (Phi) is 4.01. The Hall–Kier alpha value is -1.42. The average molecular weight is 221 g/mol. The van der Waals surface area contributed by atoms with Crippen LogP contribution in [-0.2, 0) is 4.79 Å². The van der Waals surface area contributed by atoms with Gasteiger partial charge in [0, 0.05) is 18.7 Å². The predicted octanol–water partition coefficient (Wildman–Crippen LogP) is 1.78. The molecule has 1 amide bonds. The van der Waals surface area contributed by atoms with Crippen LogP contribution in [0.3, 0.4) is 0 Å². The van der Waals surface area contributed by atoms with Crippen LogP contribution in [0, 0.1) is 5.41 Å². The molecule has 0 aromatic carbocycles. The molecule has 1 heterocycles. The van der Waals surface area contributed by atoms with Crippen LogP contribution in [0.25, 0.3) is 0 Å². The molecule has 1 atom stereocenters. The number of carbonyl (C=O) groups excluding carboxylic acids is 1. The third-order valence-electron chi connectivity index (χ3n) is 2.46. The summed E-state index contributed by atoms with van der Waals surface area (Å²) < 4.78 is 0. The van der Waals surface area contributed by atoms with Crippen LogP contribution in [0.5, 0.6) is 0 Å². The molecule has 0 radical (unpaired) electrons. The van der Waals surface area contributed by atoms with Crippen molar-refractivity contribution in [1.82, 2.24) is 4.98 Å². The smallest absolute Gasteiger partial charge is 0.225 e. The van der Waals surface area contributed by atoms with Crippen LogP contribution in [-0.4, -0.2) is 16.9 Å². The molecular formula is C12H19N3O. The van der Waals surface area contributed by atoms with Gasteiger partial charge in [0.15, 0.2) is 0 Å². The van der Waals surface area contributed by atoms with E-state index in [1.165, 1.54) is 0 Å². The summed E-state index contributed by atoms with van der Waals surface area (Å²) in [5.41, 5.74) is 6.57. The zero-order valence-corrected chi connectivity index (χ0v) is 10.0. The lowest BCUT2D eigenvalue weighted by atomic mass is 9.85. The number of hydrogen-bond acceptors (Lipinski definition) is 3. The van der Waals surface area contributed by atoms with Gasteiger partial charge < -0.3 is 11.1 Å². The van der Waals surface area contributed by atoms with Crippen LogP contribution in [0.1, 0.15) is 27.2 Å². The summed E-state index contributed by atoms with van der Waals surface area (Å²) in [6.07, 6.45) is 3.59. The van der Waals surface area contributed by atoms with Crippen molar-refractivity contribution in [3.05, 3.63) is 24.5 Å². The number of aromatic nitrogens is 1. The lowest BCUT2D eigenvalue weighted by Gasteiger charge is -2.26. The quantitative estimate of drug-likeness (QED) is 0.817. The van der Waals surface area contributed by atoms with Crippen LogP contribution in [0.15, 0.2) is 24.5 Å². The average Bonchev–Trinajstić information content (AvgIpc) is 2.17. The van der Waals surface area contributed by atoms with Crippen LogP contribution >= 0.6 is 0 Å². The topological polar surface area (TPSA) is 68.0 Å². The van der Waals surface area contributed by atoms with Crippen LogP contribution in [0.4, 0.5) is 5.69 Å². The molecule has 0 aliphatic rings. The highest BCUT2D eigenvalue weighted by Crippen LogP contribution is 2.20. The predicted molar refractivity (Wildman–Crippen MR) is 64.9 cm³/mol. The van der Waals surface area contributed by atoms with Crippen molar-refractivity contribution in [3.8, 4) is 0 Å². The van der Waals surface area contributed by atoms with Crippen LogP contribution in [0.2, 0.25) is 0 Å². The first-order chi connectivity index (χ1) is 7.39. The molecule has 1 aromatic rings. The Morgan fingerprint density at radius 1 is 1.56 bits per heavy atom. The maximum absolute atomic E-state index is 11.7. The third kappa shape index (κ3) is 3.98. The van der Waals surface area contributed by atoms with Gasteiger partial charge in [0.1, 0.15) is 0 Å². The molecule has 0 aliphatic heterocycles. The summed E-state index contributed by atoms with van der Waals surface area (Å²) in [6, 6.07) is 3.43. The number of rotatable bonds is 3. The summed E-state index contributed by atoms with van der Waals surface area (Å²) in [5.74, 6) is -0.0737. The summed E-state index contributed by atoms with van der Waals surface area (Å²) in [5, 5.41) is 2.76. The van der Waals surface area contributed by atoms with E-state index in [1.54, 1.807) is 24.5 Å². The first-order valence-electron chi connectivity index (χ1n) is 5.35. The van der Waals surface area contributed by atoms with Gasteiger partial charge in [-0.1, -0.05) is 20.8 Å². The van der Waals surface area contributed by atoms with Gasteiger partial charge in [-0.3, -0.25) is 9.78 Å². The molecule has 1 aromatic heterocycles. The molecule has 1 rings (SSSR count). The second-order valence-corrected chi connectivity index (χ2v) is 4.97. The molecule has 1 unspecified atom stereocenters. The highest BCUT2D eigenvalue weighted by Gasteiger charge is 2.23. The Bertz CT molecular complexity index is 343. The number of pyridine rings is 1. The zero-order valence-electron chi connectivity index (χ0n) is 10.0. The number of amides is 1. The van der Waals surface area contributed by atoms with E-state index in [0.29, 0.717) is 12.1 Å². The van der Waals surface area contributed by atoms with Gasteiger partial charge in [0.05, 0.1) is 11.9 Å². The fraction of sp³-hybridized carbons (Fsp3) is 0.500. The van der Waals surface area contributed by atoms with Crippen molar-refractivity contribution >= 4 is 11.6 Å². The summed E-state index contributed by atoms with van der Waals surface area (Å²) in [7, 11) is 0. The number of hydrogen-bond donors (Lipinski definition) is 2. The molecule has 16 heavy (non-hydrogen) atoms. The van der Waals surface area contributed by atoms with Crippen molar-refractivity contribution in [2.24, 2.45) is 11.1 Å².